The van der Waals surface area contributed by atoms with Crippen molar-refractivity contribution in [2.24, 2.45) is 0 Å². The summed E-state index contributed by atoms with van der Waals surface area (Å²) in [5.41, 5.74) is -0.398. The quantitative estimate of drug-likeness (QED) is 0.468. The topological polar surface area (TPSA) is 78.2 Å². The summed E-state index contributed by atoms with van der Waals surface area (Å²) in [6.45, 7) is 1.58. The lowest BCUT2D eigenvalue weighted by Crippen LogP contribution is -1.98. The number of hydrogen-bond donors (Lipinski definition) is 0. The van der Waals surface area contributed by atoms with Gasteiger partial charge in [-0.1, -0.05) is 11.6 Å². The lowest BCUT2D eigenvalue weighted by molar-refractivity contribution is -0.385. The van der Waals surface area contributed by atoms with Gasteiger partial charge in [0.15, 0.2) is 0 Å². The highest BCUT2D eigenvalue weighted by molar-refractivity contribution is 9.10. The minimum absolute atomic E-state index is 0.00711. The number of aromatic nitrogens is 2. The molecule has 2 aromatic rings. The lowest BCUT2D eigenvalue weighted by atomic mass is 10.3. The molecule has 9 heteroatoms. The Morgan fingerprint density at radius 3 is 2.70 bits per heavy atom. The highest BCUT2D eigenvalue weighted by Crippen LogP contribution is 2.35. The minimum atomic E-state index is -0.692. The summed E-state index contributed by atoms with van der Waals surface area (Å²) < 4.78 is 18.7. The zero-order chi connectivity index (χ0) is 14.9. The number of benzene rings is 1. The largest absolute Gasteiger partial charge is 0.432 e. The van der Waals surface area contributed by atoms with E-state index in [0.29, 0.717) is 5.82 Å². The molecule has 0 N–H and O–H groups in total. The van der Waals surface area contributed by atoms with Crippen LogP contribution >= 0.6 is 27.5 Å². The SMILES string of the molecule is Cc1nc(Cl)cc(Oc2cc(F)c(Br)cc2[N+](=O)[O-])n1. The van der Waals surface area contributed by atoms with Crippen LogP contribution in [0.4, 0.5) is 10.1 Å². The van der Waals surface area contributed by atoms with Gasteiger partial charge in [-0.2, -0.15) is 4.98 Å². The van der Waals surface area contributed by atoms with Gasteiger partial charge in [-0.25, -0.2) is 9.37 Å². The van der Waals surface area contributed by atoms with Crippen LogP contribution in [-0.2, 0) is 0 Å². The highest BCUT2D eigenvalue weighted by atomic mass is 79.9. The van der Waals surface area contributed by atoms with E-state index in [4.69, 9.17) is 16.3 Å². The van der Waals surface area contributed by atoms with E-state index in [2.05, 4.69) is 25.9 Å². The van der Waals surface area contributed by atoms with Crippen molar-refractivity contribution in [2.45, 2.75) is 6.92 Å². The van der Waals surface area contributed by atoms with Crippen molar-refractivity contribution in [3.05, 3.63) is 49.6 Å². The molecule has 0 bridgehead atoms. The van der Waals surface area contributed by atoms with Gasteiger partial charge in [0.05, 0.1) is 9.40 Å². The number of halogens is 3. The number of aryl methyl sites for hydroxylation is 1. The van der Waals surface area contributed by atoms with Gasteiger partial charge in [0.25, 0.3) is 0 Å². The van der Waals surface area contributed by atoms with Crippen LogP contribution in [0.2, 0.25) is 5.15 Å². The second kappa shape index (κ2) is 5.68. The van der Waals surface area contributed by atoms with Crippen LogP contribution in [0.5, 0.6) is 11.6 Å². The number of nitro benzene ring substituents is 1. The first kappa shape index (κ1) is 14.6. The molecule has 0 fully saturated rings. The van der Waals surface area contributed by atoms with Crippen LogP contribution in [0.3, 0.4) is 0 Å². The molecule has 0 radical (unpaired) electrons. The molecular weight excluding hydrogens is 356 g/mol. The number of nitrogens with zero attached hydrogens (tertiary/aromatic N) is 3. The molecule has 0 unspecified atom stereocenters. The third-order valence-electron chi connectivity index (χ3n) is 2.20. The van der Waals surface area contributed by atoms with Crippen molar-refractivity contribution in [3.8, 4) is 11.6 Å². The molecule has 20 heavy (non-hydrogen) atoms. The molecule has 0 aliphatic carbocycles. The third kappa shape index (κ3) is 3.20. The molecule has 104 valence electrons. The highest BCUT2D eigenvalue weighted by Gasteiger charge is 2.20. The van der Waals surface area contributed by atoms with Gasteiger partial charge < -0.3 is 4.74 Å². The minimum Gasteiger partial charge on any atom is -0.432 e. The molecule has 0 saturated heterocycles. The van der Waals surface area contributed by atoms with Crippen molar-refractivity contribution in [1.82, 2.24) is 9.97 Å². The Labute approximate surface area is 125 Å². The van der Waals surface area contributed by atoms with Crippen molar-refractivity contribution in [1.29, 1.82) is 0 Å². The van der Waals surface area contributed by atoms with Gasteiger partial charge in [-0.15, -0.1) is 0 Å². The average Bonchev–Trinajstić information content (AvgIpc) is 2.31. The molecule has 0 amide bonds. The van der Waals surface area contributed by atoms with E-state index >= 15 is 0 Å². The second-order valence-electron chi connectivity index (χ2n) is 3.67. The Balaban J connectivity index is 2.47. The summed E-state index contributed by atoms with van der Waals surface area (Å²) in [6.07, 6.45) is 0. The molecule has 0 atom stereocenters. The van der Waals surface area contributed by atoms with Gasteiger partial charge in [0, 0.05) is 18.2 Å². The summed E-state index contributed by atoms with van der Waals surface area (Å²) in [6, 6.07) is 3.19. The molecule has 1 heterocycles. The first-order valence-electron chi connectivity index (χ1n) is 5.19. The van der Waals surface area contributed by atoms with Crippen LogP contribution < -0.4 is 4.74 Å². The molecule has 1 aromatic heterocycles. The number of ether oxygens (including phenoxy) is 1. The van der Waals surface area contributed by atoms with Crippen molar-refractivity contribution in [2.75, 3.05) is 0 Å². The van der Waals surface area contributed by atoms with Crippen LogP contribution in [0.1, 0.15) is 5.82 Å². The van der Waals surface area contributed by atoms with Crippen LogP contribution in [0.15, 0.2) is 22.7 Å². The Morgan fingerprint density at radius 2 is 2.10 bits per heavy atom. The Kier molecular flexibility index (Phi) is 4.15. The van der Waals surface area contributed by atoms with E-state index in [9.17, 15) is 14.5 Å². The van der Waals surface area contributed by atoms with Gasteiger partial charge in [0.2, 0.25) is 11.6 Å². The summed E-state index contributed by atoms with van der Waals surface area (Å²) in [7, 11) is 0. The van der Waals surface area contributed by atoms with Gasteiger partial charge >= 0.3 is 5.69 Å². The van der Waals surface area contributed by atoms with E-state index in [0.717, 1.165) is 12.1 Å². The maximum Gasteiger partial charge on any atom is 0.312 e. The summed E-state index contributed by atoms with van der Waals surface area (Å²) in [5, 5.41) is 11.1. The summed E-state index contributed by atoms with van der Waals surface area (Å²) >= 11 is 8.60. The molecule has 0 spiro atoms. The summed E-state index contributed by atoms with van der Waals surface area (Å²) in [5.74, 6) is -0.646. The fourth-order valence-electron chi connectivity index (χ4n) is 1.41. The predicted molar refractivity (Wildman–Crippen MR) is 72.6 cm³/mol. The first-order chi connectivity index (χ1) is 9.36. The standard InChI is InChI=1S/C11H6BrClFN3O3/c1-5-15-10(13)4-11(16-5)20-9-3-7(14)6(12)2-8(9)17(18)19/h2-4H,1H3. The molecule has 2 rings (SSSR count). The summed E-state index contributed by atoms with van der Waals surface area (Å²) in [4.78, 5) is 18.0. The van der Waals surface area contributed by atoms with Gasteiger partial charge in [-0.3, -0.25) is 10.1 Å². The van der Waals surface area contributed by atoms with Crippen LogP contribution in [-0.4, -0.2) is 14.9 Å². The normalized spacial score (nSPS) is 10.4. The maximum absolute atomic E-state index is 13.5. The molecule has 0 aliphatic heterocycles. The predicted octanol–water partition coefficient (Wildman–Crippen LogP) is 4.04. The number of hydrogen-bond acceptors (Lipinski definition) is 5. The lowest BCUT2D eigenvalue weighted by Gasteiger charge is -2.07. The average molecular weight is 363 g/mol. The third-order valence-corrected chi connectivity index (χ3v) is 3.00. The maximum atomic E-state index is 13.5. The van der Waals surface area contributed by atoms with E-state index in [1.165, 1.54) is 6.07 Å². The Hall–Kier alpha value is -1.80. The molecule has 0 aliphatic rings. The Morgan fingerprint density at radius 1 is 1.40 bits per heavy atom. The van der Waals surface area contributed by atoms with E-state index in [1.807, 2.05) is 0 Å². The first-order valence-corrected chi connectivity index (χ1v) is 6.36. The zero-order valence-corrected chi connectivity index (χ0v) is 12.3. The Bertz CT molecular complexity index is 679. The number of rotatable bonds is 3. The van der Waals surface area contributed by atoms with Crippen LogP contribution in [0.25, 0.3) is 0 Å². The molecule has 0 saturated carbocycles. The molecular formula is C11H6BrClFN3O3. The van der Waals surface area contributed by atoms with Crippen molar-refractivity contribution >= 4 is 33.2 Å². The van der Waals surface area contributed by atoms with E-state index in [-0.39, 0.29) is 21.3 Å². The fourth-order valence-corrected chi connectivity index (χ4v) is 1.96. The van der Waals surface area contributed by atoms with E-state index in [1.54, 1.807) is 6.92 Å². The van der Waals surface area contributed by atoms with Gasteiger partial charge in [-0.05, 0) is 22.9 Å². The smallest absolute Gasteiger partial charge is 0.312 e. The monoisotopic (exact) mass is 361 g/mol. The van der Waals surface area contributed by atoms with Crippen molar-refractivity contribution in [3.63, 3.8) is 0 Å². The second-order valence-corrected chi connectivity index (χ2v) is 4.91. The zero-order valence-electron chi connectivity index (χ0n) is 9.93. The molecule has 1 aromatic carbocycles. The van der Waals surface area contributed by atoms with E-state index < -0.39 is 16.4 Å². The van der Waals surface area contributed by atoms with Crippen LogP contribution in [0, 0.1) is 22.9 Å². The molecule has 6 nitrogen and oxygen atoms in total. The number of nitro groups is 1. The van der Waals surface area contributed by atoms with Crippen molar-refractivity contribution < 1.29 is 14.1 Å². The van der Waals surface area contributed by atoms with Gasteiger partial charge in [0.1, 0.15) is 16.8 Å². The fraction of sp³-hybridized carbons (Fsp3) is 0.0909.